The first-order chi connectivity index (χ1) is 16.4. The molecule has 0 aliphatic carbocycles. The van der Waals surface area contributed by atoms with Crippen molar-refractivity contribution in [2.75, 3.05) is 0 Å². The molecule has 0 unspecified atom stereocenters. The van der Waals surface area contributed by atoms with Gasteiger partial charge >= 0.3 is 5.97 Å². The summed E-state index contributed by atoms with van der Waals surface area (Å²) in [5, 5.41) is 23.9. The summed E-state index contributed by atoms with van der Waals surface area (Å²) in [6.07, 6.45) is 0.853. The van der Waals surface area contributed by atoms with E-state index in [0.717, 1.165) is 44.8 Å². The highest BCUT2D eigenvalue weighted by Crippen LogP contribution is 2.41. The molecule has 2 aliphatic rings. The second-order valence-corrected chi connectivity index (χ2v) is 9.00. The van der Waals surface area contributed by atoms with Crippen LogP contribution in [0.4, 0.5) is 0 Å². The first kappa shape index (κ1) is 21.0. The number of aryl methyl sites for hydroxylation is 1. The van der Waals surface area contributed by atoms with Crippen molar-refractivity contribution in [3.63, 3.8) is 0 Å². The molecule has 7 nitrogen and oxygen atoms in total. The second kappa shape index (κ2) is 7.22. The zero-order valence-electron chi connectivity index (χ0n) is 19.0. The van der Waals surface area contributed by atoms with Gasteiger partial charge in [0.2, 0.25) is 0 Å². The molecule has 0 saturated carbocycles. The van der Waals surface area contributed by atoms with Crippen LogP contribution in [0.25, 0.3) is 33.1 Å². The summed E-state index contributed by atoms with van der Waals surface area (Å²) < 4.78 is 6.84. The molecular formula is C27H24N2O5. The molecule has 7 heteroatoms. The Kier molecular flexibility index (Phi) is 4.46. The zero-order chi connectivity index (χ0) is 23.8. The van der Waals surface area contributed by atoms with Gasteiger partial charge in [-0.1, -0.05) is 38.1 Å². The van der Waals surface area contributed by atoms with E-state index in [9.17, 15) is 19.8 Å². The molecule has 2 aromatic carbocycles. The largest absolute Gasteiger partial charge is 0.458 e. The minimum absolute atomic E-state index is 0.0454. The van der Waals surface area contributed by atoms with Crippen LogP contribution in [0.1, 0.15) is 48.1 Å². The number of fused-ring (bicyclic) bond motifs is 7. The first-order valence-corrected chi connectivity index (χ1v) is 11.6. The average Bonchev–Trinajstić information content (AvgIpc) is 3.23. The molecule has 6 rings (SSSR count). The summed E-state index contributed by atoms with van der Waals surface area (Å²) in [4.78, 5) is 30.9. The number of benzene rings is 2. The van der Waals surface area contributed by atoms with E-state index < -0.39 is 11.6 Å². The van der Waals surface area contributed by atoms with E-state index in [4.69, 9.17) is 9.72 Å². The standard InChI is InChI=1S/C27H24N2O5/c1-3-15-18-11-29-22(10-20-19(25(29)31)13-34-26(32)27(20,33)4-2)24(18)28-21-9-8-16-14(12-30)6-5-7-17(16)23(15)21/h5-10,30,33H,3-4,11-13H2,1-2H3/t27-/m0/s1. The van der Waals surface area contributed by atoms with Crippen LogP contribution in [0.2, 0.25) is 0 Å². The molecule has 4 heterocycles. The van der Waals surface area contributed by atoms with Crippen LogP contribution >= 0.6 is 0 Å². The van der Waals surface area contributed by atoms with E-state index in [1.54, 1.807) is 17.6 Å². The molecule has 34 heavy (non-hydrogen) atoms. The van der Waals surface area contributed by atoms with Gasteiger partial charge in [0, 0.05) is 16.5 Å². The number of ether oxygens (including phenoxy) is 1. The summed E-state index contributed by atoms with van der Waals surface area (Å²) in [5.74, 6) is -0.725. The van der Waals surface area contributed by atoms with Crippen LogP contribution in [0.3, 0.4) is 0 Å². The predicted octanol–water partition coefficient (Wildman–Crippen LogP) is 3.29. The van der Waals surface area contributed by atoms with Gasteiger partial charge < -0.3 is 19.5 Å². The highest BCUT2D eigenvalue weighted by molar-refractivity contribution is 6.10. The number of hydrogen-bond donors (Lipinski definition) is 2. The SMILES string of the molecule is CCc1c2c(nc3ccc4c(CO)cccc4c13)-c1cc3c(c(=O)n1C2)COC(=O)[C@]3(O)CC. The third-order valence-corrected chi connectivity index (χ3v) is 7.44. The van der Waals surface area contributed by atoms with Gasteiger partial charge in [-0.2, -0.15) is 0 Å². The molecular weight excluding hydrogens is 432 g/mol. The van der Waals surface area contributed by atoms with Crippen molar-refractivity contribution >= 4 is 27.6 Å². The van der Waals surface area contributed by atoms with Crippen LogP contribution < -0.4 is 5.56 Å². The van der Waals surface area contributed by atoms with Crippen molar-refractivity contribution in [1.82, 2.24) is 9.55 Å². The highest BCUT2D eigenvalue weighted by atomic mass is 16.6. The minimum Gasteiger partial charge on any atom is -0.458 e. The highest BCUT2D eigenvalue weighted by Gasteiger charge is 2.45. The fourth-order valence-corrected chi connectivity index (χ4v) is 5.62. The molecule has 172 valence electrons. The maximum Gasteiger partial charge on any atom is 0.343 e. The summed E-state index contributed by atoms with van der Waals surface area (Å²) >= 11 is 0. The van der Waals surface area contributed by atoms with Crippen LogP contribution in [0.15, 0.2) is 41.2 Å². The number of aliphatic hydroxyl groups excluding tert-OH is 1. The Morgan fingerprint density at radius 3 is 2.68 bits per heavy atom. The summed E-state index contributed by atoms with van der Waals surface area (Å²) in [6, 6.07) is 11.6. The van der Waals surface area contributed by atoms with Crippen molar-refractivity contribution in [1.29, 1.82) is 0 Å². The Labute approximate surface area is 195 Å². The molecule has 0 amide bonds. The lowest BCUT2D eigenvalue weighted by molar-refractivity contribution is -0.172. The number of aromatic nitrogens is 2. The fraction of sp³-hybridized carbons (Fsp3) is 0.296. The van der Waals surface area contributed by atoms with E-state index in [-0.39, 0.29) is 25.2 Å². The van der Waals surface area contributed by atoms with Gasteiger partial charge in [0.05, 0.1) is 35.6 Å². The van der Waals surface area contributed by atoms with E-state index >= 15 is 0 Å². The number of cyclic esters (lactones) is 1. The van der Waals surface area contributed by atoms with Gasteiger partial charge in [-0.25, -0.2) is 9.78 Å². The Morgan fingerprint density at radius 2 is 1.94 bits per heavy atom. The Hall–Kier alpha value is -3.55. The third-order valence-electron chi connectivity index (χ3n) is 7.44. The molecule has 4 aromatic rings. The molecule has 0 saturated heterocycles. The second-order valence-electron chi connectivity index (χ2n) is 9.00. The minimum atomic E-state index is -1.84. The van der Waals surface area contributed by atoms with E-state index in [1.807, 2.05) is 30.3 Å². The molecule has 1 atom stereocenters. The Balaban J connectivity index is 1.68. The van der Waals surface area contributed by atoms with Crippen LogP contribution in [-0.4, -0.2) is 25.7 Å². The lowest BCUT2D eigenvalue weighted by Crippen LogP contribution is -2.44. The molecule has 2 aliphatic heterocycles. The van der Waals surface area contributed by atoms with Crippen LogP contribution in [-0.2, 0) is 41.3 Å². The number of pyridine rings is 2. The van der Waals surface area contributed by atoms with Crippen molar-refractivity contribution in [3.05, 3.63) is 74.6 Å². The van der Waals surface area contributed by atoms with Gasteiger partial charge in [-0.15, -0.1) is 0 Å². The maximum absolute atomic E-state index is 13.5. The molecule has 0 spiro atoms. The predicted molar refractivity (Wildman–Crippen MR) is 127 cm³/mol. The smallest absolute Gasteiger partial charge is 0.343 e. The fourth-order valence-electron chi connectivity index (χ4n) is 5.62. The molecule has 2 N–H and O–H groups in total. The number of nitrogens with zero attached hydrogens (tertiary/aromatic N) is 2. The number of carbonyl (C=O) groups is 1. The lowest BCUT2D eigenvalue weighted by Gasteiger charge is -2.31. The maximum atomic E-state index is 13.5. The Bertz CT molecular complexity index is 1600. The average molecular weight is 456 g/mol. The van der Waals surface area contributed by atoms with Crippen molar-refractivity contribution in [2.45, 2.75) is 52.0 Å². The summed E-state index contributed by atoms with van der Waals surface area (Å²) in [7, 11) is 0. The summed E-state index contributed by atoms with van der Waals surface area (Å²) in [6.45, 7) is 3.97. The van der Waals surface area contributed by atoms with Crippen molar-refractivity contribution in [3.8, 4) is 11.4 Å². The Morgan fingerprint density at radius 1 is 1.12 bits per heavy atom. The normalized spacial score (nSPS) is 18.6. The van der Waals surface area contributed by atoms with Crippen molar-refractivity contribution in [2.24, 2.45) is 0 Å². The first-order valence-electron chi connectivity index (χ1n) is 11.6. The molecule has 0 radical (unpaired) electrons. The number of carbonyl (C=O) groups excluding carboxylic acids is 1. The van der Waals surface area contributed by atoms with E-state index in [1.165, 1.54) is 0 Å². The number of hydrogen-bond acceptors (Lipinski definition) is 6. The van der Waals surface area contributed by atoms with Crippen molar-refractivity contribution < 1.29 is 19.7 Å². The lowest BCUT2D eigenvalue weighted by atomic mass is 9.86. The van der Waals surface area contributed by atoms with E-state index in [0.29, 0.717) is 29.1 Å². The van der Waals surface area contributed by atoms with Gasteiger partial charge in [-0.05, 0) is 46.9 Å². The monoisotopic (exact) mass is 456 g/mol. The molecule has 0 bridgehead atoms. The number of esters is 1. The molecule has 2 aromatic heterocycles. The zero-order valence-corrected chi connectivity index (χ0v) is 19.0. The van der Waals surface area contributed by atoms with E-state index in [2.05, 4.69) is 6.92 Å². The topological polar surface area (TPSA) is 102 Å². The number of aliphatic hydroxyl groups is 2. The summed E-state index contributed by atoms with van der Waals surface area (Å²) in [5.41, 5.74) is 3.61. The van der Waals surface area contributed by atoms with Gasteiger partial charge in [0.1, 0.15) is 6.61 Å². The third kappa shape index (κ3) is 2.56. The van der Waals surface area contributed by atoms with Gasteiger partial charge in [-0.3, -0.25) is 4.79 Å². The van der Waals surface area contributed by atoms with Gasteiger partial charge in [0.25, 0.3) is 5.56 Å². The van der Waals surface area contributed by atoms with Crippen LogP contribution in [0.5, 0.6) is 0 Å². The number of rotatable bonds is 3. The van der Waals surface area contributed by atoms with Gasteiger partial charge in [0.15, 0.2) is 5.60 Å². The van der Waals surface area contributed by atoms with Crippen LogP contribution in [0, 0.1) is 0 Å². The molecule has 0 fully saturated rings. The quantitative estimate of drug-likeness (QED) is 0.319.